The monoisotopic (exact) mass is 151 g/mol. The van der Waals surface area contributed by atoms with Crippen molar-refractivity contribution >= 4 is 7.28 Å². The van der Waals surface area contributed by atoms with Crippen LogP contribution in [-0.2, 0) is 0 Å². The molecule has 0 aromatic heterocycles. The predicted molar refractivity (Wildman–Crippen MR) is 53.1 cm³/mol. The molecule has 0 aliphatic heterocycles. The minimum atomic E-state index is 1.05. The maximum Gasteiger partial charge on any atom is 0.135 e. The standard InChI is InChI=1S/C9H18BN/c1-4-5-7-10-8-6-9-11(2)3/h10H,4-5,7-8H2,1-3H3. The van der Waals surface area contributed by atoms with Crippen molar-refractivity contribution < 1.29 is 0 Å². The number of hydrogen-bond acceptors (Lipinski definition) is 1. The summed E-state index contributed by atoms with van der Waals surface area (Å²) in [7, 11) is 5.20. The number of hydrogen-bond donors (Lipinski definition) is 0. The predicted octanol–water partition coefficient (Wildman–Crippen LogP) is 1.58. The first kappa shape index (κ1) is 10.4. The molecule has 0 saturated carbocycles. The molecule has 0 rings (SSSR count). The van der Waals surface area contributed by atoms with E-state index in [0.29, 0.717) is 0 Å². The molecule has 0 aliphatic rings. The Morgan fingerprint density at radius 2 is 2.09 bits per heavy atom. The van der Waals surface area contributed by atoms with Gasteiger partial charge in [0.15, 0.2) is 0 Å². The SMILES string of the molecule is CCCCBCC#CN(C)C. The topological polar surface area (TPSA) is 3.24 Å². The van der Waals surface area contributed by atoms with E-state index in [1.807, 2.05) is 19.0 Å². The smallest absolute Gasteiger partial charge is 0.135 e. The first-order valence-electron chi connectivity index (χ1n) is 4.43. The molecule has 0 N–H and O–H groups in total. The highest BCUT2D eigenvalue weighted by atomic mass is 15.0. The highest BCUT2D eigenvalue weighted by Crippen LogP contribution is 1.94. The average Bonchev–Trinajstić information content (AvgIpc) is 1.96. The van der Waals surface area contributed by atoms with E-state index in [4.69, 9.17) is 0 Å². The lowest BCUT2D eigenvalue weighted by atomic mass is 9.70. The molecule has 0 atom stereocenters. The fourth-order valence-electron chi connectivity index (χ4n) is 0.854. The summed E-state index contributed by atoms with van der Waals surface area (Å²) < 4.78 is 0. The highest BCUT2D eigenvalue weighted by molar-refractivity contribution is 6.36. The van der Waals surface area contributed by atoms with Crippen molar-refractivity contribution in [2.24, 2.45) is 0 Å². The molecule has 62 valence electrons. The summed E-state index contributed by atoms with van der Waals surface area (Å²) >= 11 is 0. The largest absolute Gasteiger partial charge is 0.339 e. The van der Waals surface area contributed by atoms with Gasteiger partial charge in [0.05, 0.1) is 0 Å². The normalized spacial score (nSPS) is 8.27. The molecule has 0 radical (unpaired) electrons. The van der Waals surface area contributed by atoms with Crippen LogP contribution in [0, 0.1) is 12.0 Å². The van der Waals surface area contributed by atoms with E-state index in [1.165, 1.54) is 26.4 Å². The van der Waals surface area contributed by atoms with Gasteiger partial charge in [-0.05, 0) is 6.32 Å². The molecule has 0 fully saturated rings. The van der Waals surface area contributed by atoms with Crippen LogP contribution in [0.25, 0.3) is 0 Å². The Balaban J connectivity index is 3.09. The van der Waals surface area contributed by atoms with Crippen molar-refractivity contribution in [1.82, 2.24) is 4.90 Å². The van der Waals surface area contributed by atoms with Gasteiger partial charge in [0, 0.05) is 20.1 Å². The summed E-state index contributed by atoms with van der Waals surface area (Å²) in [5, 5.41) is 0. The first-order chi connectivity index (χ1) is 5.27. The summed E-state index contributed by atoms with van der Waals surface area (Å²) in [5.41, 5.74) is 0. The summed E-state index contributed by atoms with van der Waals surface area (Å²) in [4.78, 5) is 1.90. The fraction of sp³-hybridized carbons (Fsp3) is 0.778. The lowest BCUT2D eigenvalue weighted by Crippen LogP contribution is -2.01. The van der Waals surface area contributed by atoms with Crippen LogP contribution < -0.4 is 0 Å². The van der Waals surface area contributed by atoms with E-state index in [2.05, 4.69) is 18.9 Å². The fourth-order valence-corrected chi connectivity index (χ4v) is 0.854. The highest BCUT2D eigenvalue weighted by Gasteiger charge is 1.86. The Kier molecular flexibility index (Phi) is 7.14. The molecule has 0 unspecified atom stereocenters. The van der Waals surface area contributed by atoms with Crippen LogP contribution in [0.15, 0.2) is 0 Å². The molecular weight excluding hydrogens is 133 g/mol. The van der Waals surface area contributed by atoms with Gasteiger partial charge < -0.3 is 4.90 Å². The van der Waals surface area contributed by atoms with Crippen molar-refractivity contribution in [3.63, 3.8) is 0 Å². The zero-order valence-electron chi connectivity index (χ0n) is 7.98. The van der Waals surface area contributed by atoms with Crippen LogP contribution in [0.2, 0.25) is 12.6 Å². The van der Waals surface area contributed by atoms with Crippen LogP contribution in [0.5, 0.6) is 0 Å². The molecule has 1 nitrogen and oxygen atoms in total. The third-order valence-corrected chi connectivity index (χ3v) is 1.46. The molecule has 0 aromatic carbocycles. The molecule has 2 heteroatoms. The van der Waals surface area contributed by atoms with E-state index < -0.39 is 0 Å². The van der Waals surface area contributed by atoms with E-state index in [-0.39, 0.29) is 0 Å². The van der Waals surface area contributed by atoms with Crippen molar-refractivity contribution in [1.29, 1.82) is 0 Å². The Morgan fingerprint density at radius 3 is 2.64 bits per heavy atom. The van der Waals surface area contributed by atoms with Crippen molar-refractivity contribution in [2.75, 3.05) is 14.1 Å². The number of rotatable bonds is 4. The van der Waals surface area contributed by atoms with Gasteiger partial charge in [0.1, 0.15) is 7.28 Å². The minimum Gasteiger partial charge on any atom is -0.339 e. The number of nitrogens with zero attached hydrogens (tertiary/aromatic N) is 1. The summed E-state index contributed by atoms with van der Waals surface area (Å²) in [6.07, 6.45) is 5.04. The third-order valence-electron chi connectivity index (χ3n) is 1.46. The van der Waals surface area contributed by atoms with Gasteiger partial charge in [0.25, 0.3) is 0 Å². The molecule has 0 amide bonds. The maximum absolute atomic E-state index is 3.12. The van der Waals surface area contributed by atoms with Gasteiger partial charge >= 0.3 is 0 Å². The second-order valence-electron chi connectivity index (χ2n) is 2.99. The summed E-state index contributed by atoms with van der Waals surface area (Å²) in [5.74, 6) is 3.12. The molecule has 0 aliphatic carbocycles. The van der Waals surface area contributed by atoms with Gasteiger partial charge in [-0.3, -0.25) is 0 Å². The zero-order chi connectivity index (χ0) is 8.53. The van der Waals surface area contributed by atoms with Crippen LogP contribution >= 0.6 is 0 Å². The molecule has 0 aromatic rings. The first-order valence-corrected chi connectivity index (χ1v) is 4.43. The van der Waals surface area contributed by atoms with Crippen LogP contribution in [-0.4, -0.2) is 26.3 Å². The Labute approximate surface area is 71.4 Å². The Hall–Kier alpha value is -0.575. The second-order valence-corrected chi connectivity index (χ2v) is 2.99. The Morgan fingerprint density at radius 1 is 1.36 bits per heavy atom. The molecule has 0 bridgehead atoms. The van der Waals surface area contributed by atoms with E-state index in [9.17, 15) is 0 Å². The molecule has 0 saturated heterocycles. The lowest BCUT2D eigenvalue weighted by Gasteiger charge is -1.96. The van der Waals surface area contributed by atoms with Gasteiger partial charge in [-0.1, -0.05) is 32.0 Å². The van der Waals surface area contributed by atoms with Crippen LogP contribution in [0.4, 0.5) is 0 Å². The molecular formula is C9H18BN. The van der Waals surface area contributed by atoms with E-state index in [0.717, 1.165) is 6.32 Å². The minimum absolute atomic E-state index is 1.05. The van der Waals surface area contributed by atoms with Crippen molar-refractivity contribution in [2.45, 2.75) is 32.4 Å². The zero-order valence-corrected chi connectivity index (χ0v) is 7.98. The van der Waals surface area contributed by atoms with Gasteiger partial charge in [-0.15, -0.1) is 0 Å². The van der Waals surface area contributed by atoms with E-state index in [1.54, 1.807) is 0 Å². The van der Waals surface area contributed by atoms with Crippen LogP contribution in [0.1, 0.15) is 19.8 Å². The third kappa shape index (κ3) is 9.42. The van der Waals surface area contributed by atoms with Gasteiger partial charge in [0.2, 0.25) is 0 Å². The lowest BCUT2D eigenvalue weighted by molar-refractivity contribution is 0.597. The molecule has 0 spiro atoms. The summed E-state index contributed by atoms with van der Waals surface area (Å²) in [6, 6.07) is 3.01. The van der Waals surface area contributed by atoms with Crippen molar-refractivity contribution in [3.05, 3.63) is 0 Å². The van der Waals surface area contributed by atoms with Crippen molar-refractivity contribution in [3.8, 4) is 12.0 Å². The quantitative estimate of drug-likeness (QED) is 0.255. The van der Waals surface area contributed by atoms with Crippen LogP contribution in [0.3, 0.4) is 0 Å². The molecule has 0 heterocycles. The van der Waals surface area contributed by atoms with Gasteiger partial charge in [-0.25, -0.2) is 0 Å². The van der Waals surface area contributed by atoms with E-state index >= 15 is 0 Å². The average molecular weight is 151 g/mol. The number of unbranched alkanes of at least 4 members (excludes halogenated alkanes) is 1. The Bertz CT molecular complexity index is 132. The summed E-state index contributed by atoms with van der Waals surface area (Å²) in [6.45, 7) is 2.23. The second kappa shape index (κ2) is 7.53. The maximum atomic E-state index is 3.12. The van der Waals surface area contributed by atoms with Gasteiger partial charge in [-0.2, -0.15) is 0 Å². The molecule has 11 heavy (non-hydrogen) atoms.